The van der Waals surface area contributed by atoms with Crippen molar-refractivity contribution in [2.75, 3.05) is 30.8 Å². The van der Waals surface area contributed by atoms with Gasteiger partial charge in [0.05, 0.1) is 24.1 Å². The van der Waals surface area contributed by atoms with Gasteiger partial charge in [0, 0.05) is 31.6 Å². The number of rotatable bonds is 13. The first-order valence-electron chi connectivity index (χ1n) is 11.6. The Morgan fingerprint density at radius 2 is 1.89 bits per heavy atom. The third-order valence-electron chi connectivity index (χ3n) is 5.59. The van der Waals surface area contributed by atoms with E-state index in [-0.39, 0.29) is 42.4 Å². The average Bonchev–Trinajstić information content (AvgIpc) is 2.83. The molecule has 36 heavy (non-hydrogen) atoms. The van der Waals surface area contributed by atoms with Crippen molar-refractivity contribution in [2.45, 2.75) is 45.7 Å². The molecule has 0 aliphatic heterocycles. The lowest BCUT2D eigenvalue weighted by Crippen LogP contribution is -2.48. The van der Waals surface area contributed by atoms with E-state index in [1.165, 1.54) is 24.1 Å². The zero-order chi connectivity index (χ0) is 26.9. The molecule has 2 amide bonds. The molecule has 2 rings (SSSR count). The Morgan fingerprint density at radius 3 is 2.47 bits per heavy atom. The van der Waals surface area contributed by atoms with E-state index in [4.69, 9.17) is 16.3 Å². The molecule has 2 aromatic rings. The summed E-state index contributed by atoms with van der Waals surface area (Å²) >= 11 is 6.16. The topological polar surface area (TPSA) is 96.0 Å². The Balaban J connectivity index is 2.19. The minimum Gasteiger partial charge on any atom is -0.495 e. The van der Waals surface area contributed by atoms with E-state index in [1.54, 1.807) is 37.3 Å². The second-order valence-electron chi connectivity index (χ2n) is 8.34. The van der Waals surface area contributed by atoms with E-state index in [0.717, 1.165) is 17.0 Å². The molecule has 0 saturated heterocycles. The number of benzene rings is 2. The highest BCUT2D eigenvalue weighted by Crippen LogP contribution is 2.30. The highest BCUT2D eigenvalue weighted by atomic mass is 35.5. The van der Waals surface area contributed by atoms with E-state index in [0.29, 0.717) is 18.0 Å². The fraction of sp³-hybridized carbons (Fsp3) is 0.440. The number of sulfonamides is 1. The zero-order valence-electron chi connectivity index (χ0n) is 21.0. The summed E-state index contributed by atoms with van der Waals surface area (Å²) in [7, 11) is -2.22. The largest absolute Gasteiger partial charge is 0.495 e. The number of anilines is 1. The molecule has 0 aliphatic rings. The van der Waals surface area contributed by atoms with Crippen LogP contribution in [0.5, 0.6) is 5.75 Å². The molecule has 0 aliphatic carbocycles. The monoisotopic (exact) mass is 541 g/mol. The minimum absolute atomic E-state index is 0.0111. The number of hydrogen-bond donors (Lipinski definition) is 1. The van der Waals surface area contributed by atoms with E-state index < -0.39 is 27.8 Å². The summed E-state index contributed by atoms with van der Waals surface area (Å²) in [6.07, 6.45) is 1.93. The van der Waals surface area contributed by atoms with Crippen LogP contribution >= 0.6 is 11.6 Å². The molecule has 198 valence electrons. The zero-order valence-corrected chi connectivity index (χ0v) is 22.5. The van der Waals surface area contributed by atoms with Gasteiger partial charge < -0.3 is 15.0 Å². The quantitative estimate of drug-likeness (QED) is 0.414. The van der Waals surface area contributed by atoms with Crippen LogP contribution in [0.15, 0.2) is 42.5 Å². The second kappa shape index (κ2) is 13.5. The summed E-state index contributed by atoms with van der Waals surface area (Å²) < 4.78 is 45.5. The van der Waals surface area contributed by atoms with Crippen molar-refractivity contribution in [3.05, 3.63) is 58.9 Å². The van der Waals surface area contributed by atoms with Gasteiger partial charge in [-0.25, -0.2) is 12.8 Å². The molecule has 1 atom stereocenters. The van der Waals surface area contributed by atoms with Crippen molar-refractivity contribution in [1.82, 2.24) is 10.2 Å². The molecular weight excluding hydrogens is 509 g/mol. The van der Waals surface area contributed by atoms with Crippen LogP contribution in [0, 0.1) is 5.82 Å². The maximum absolute atomic E-state index is 14.3. The lowest BCUT2D eigenvalue weighted by Gasteiger charge is -2.29. The van der Waals surface area contributed by atoms with Crippen molar-refractivity contribution in [2.24, 2.45) is 0 Å². The molecule has 0 fully saturated rings. The van der Waals surface area contributed by atoms with E-state index in [9.17, 15) is 22.4 Å². The van der Waals surface area contributed by atoms with Gasteiger partial charge >= 0.3 is 0 Å². The van der Waals surface area contributed by atoms with Gasteiger partial charge in [-0.15, -0.1) is 0 Å². The van der Waals surface area contributed by atoms with Crippen LogP contribution < -0.4 is 14.4 Å². The van der Waals surface area contributed by atoms with Crippen LogP contribution in [-0.4, -0.2) is 57.6 Å². The summed E-state index contributed by atoms with van der Waals surface area (Å²) in [5.74, 6) is -0.801. The molecule has 0 saturated carbocycles. The van der Waals surface area contributed by atoms with Crippen LogP contribution in [0.25, 0.3) is 0 Å². The molecular formula is C25H33ClFN3O5S. The highest BCUT2D eigenvalue weighted by molar-refractivity contribution is 7.92. The van der Waals surface area contributed by atoms with Crippen molar-refractivity contribution < 1.29 is 27.1 Å². The van der Waals surface area contributed by atoms with E-state index in [2.05, 4.69) is 5.32 Å². The number of nitrogens with one attached hydrogen (secondary N) is 1. The first-order chi connectivity index (χ1) is 17.0. The molecule has 0 heterocycles. The van der Waals surface area contributed by atoms with Gasteiger partial charge in [-0.05, 0) is 44.0 Å². The minimum atomic E-state index is -3.67. The third-order valence-corrected chi connectivity index (χ3v) is 7.08. The van der Waals surface area contributed by atoms with Crippen molar-refractivity contribution >= 4 is 39.1 Å². The summed E-state index contributed by atoms with van der Waals surface area (Å²) in [6.45, 7) is 3.88. The number of ether oxygens (including phenoxy) is 1. The van der Waals surface area contributed by atoms with Gasteiger partial charge in [-0.2, -0.15) is 0 Å². The smallest absolute Gasteiger partial charge is 0.242 e. The summed E-state index contributed by atoms with van der Waals surface area (Å²) in [5, 5.41) is 3.01. The van der Waals surface area contributed by atoms with Gasteiger partial charge in [0.15, 0.2) is 0 Å². The summed E-state index contributed by atoms with van der Waals surface area (Å²) in [6, 6.07) is 9.84. The maximum Gasteiger partial charge on any atom is 0.242 e. The Kier molecular flexibility index (Phi) is 11.0. The normalized spacial score (nSPS) is 12.1. The number of carbonyl (C=O) groups is 2. The first-order valence-corrected chi connectivity index (χ1v) is 13.8. The molecule has 0 bridgehead atoms. The maximum atomic E-state index is 14.3. The Labute approximate surface area is 217 Å². The highest BCUT2D eigenvalue weighted by Gasteiger charge is 2.27. The molecule has 0 radical (unpaired) electrons. The van der Waals surface area contributed by atoms with Crippen LogP contribution in [0.3, 0.4) is 0 Å². The number of amides is 2. The van der Waals surface area contributed by atoms with Gasteiger partial charge in [0.2, 0.25) is 21.8 Å². The number of methoxy groups -OCH3 is 1. The number of hydrogen-bond acceptors (Lipinski definition) is 5. The Morgan fingerprint density at radius 1 is 1.19 bits per heavy atom. The molecule has 1 N–H and O–H groups in total. The van der Waals surface area contributed by atoms with E-state index in [1.807, 2.05) is 6.92 Å². The predicted octanol–water partition coefficient (Wildman–Crippen LogP) is 3.98. The summed E-state index contributed by atoms with van der Waals surface area (Å²) in [4.78, 5) is 27.1. The molecule has 2 aromatic carbocycles. The standard InChI is InChI=1S/C25H33ClFN3O5S/c1-5-14-28-25(32)18(2)29(17-19-9-6-7-10-22(19)27)24(31)11-8-15-30(36(4,33)34)20-12-13-23(35-3)21(26)16-20/h6-7,9-10,12-13,16,18H,5,8,11,14-15,17H2,1-4H3,(H,28,32). The number of carbonyl (C=O) groups excluding carboxylic acids is 2. The van der Waals surface area contributed by atoms with Crippen LogP contribution in [0.1, 0.15) is 38.7 Å². The number of nitrogens with zero attached hydrogens (tertiary/aromatic N) is 2. The van der Waals surface area contributed by atoms with Crippen LogP contribution in [0.4, 0.5) is 10.1 Å². The van der Waals surface area contributed by atoms with Gasteiger partial charge in [0.1, 0.15) is 17.6 Å². The van der Waals surface area contributed by atoms with Gasteiger partial charge in [-0.1, -0.05) is 36.7 Å². The molecule has 0 aromatic heterocycles. The van der Waals surface area contributed by atoms with E-state index >= 15 is 0 Å². The van der Waals surface area contributed by atoms with Gasteiger partial charge in [0.25, 0.3) is 0 Å². The van der Waals surface area contributed by atoms with Crippen LogP contribution in [0.2, 0.25) is 5.02 Å². The third kappa shape index (κ3) is 8.09. The Bertz CT molecular complexity index is 1160. The second-order valence-corrected chi connectivity index (χ2v) is 10.7. The molecule has 1 unspecified atom stereocenters. The summed E-state index contributed by atoms with van der Waals surface area (Å²) in [5.41, 5.74) is 0.623. The van der Waals surface area contributed by atoms with Gasteiger partial charge in [-0.3, -0.25) is 13.9 Å². The molecule has 8 nitrogen and oxygen atoms in total. The lowest BCUT2D eigenvalue weighted by molar-refractivity contribution is -0.140. The Hall–Kier alpha value is -2.85. The predicted molar refractivity (Wildman–Crippen MR) is 139 cm³/mol. The SMILES string of the molecule is CCCNC(=O)C(C)N(Cc1ccccc1F)C(=O)CCCN(c1ccc(OC)c(Cl)c1)S(C)(=O)=O. The molecule has 0 spiro atoms. The fourth-order valence-electron chi connectivity index (χ4n) is 3.60. The van der Waals surface area contributed by atoms with Crippen molar-refractivity contribution in [3.8, 4) is 5.75 Å². The molecule has 11 heteroatoms. The average molecular weight is 542 g/mol. The van der Waals surface area contributed by atoms with Crippen molar-refractivity contribution in [3.63, 3.8) is 0 Å². The first kappa shape index (κ1) is 29.4. The lowest BCUT2D eigenvalue weighted by atomic mass is 10.1. The van der Waals surface area contributed by atoms with Crippen molar-refractivity contribution in [1.29, 1.82) is 0 Å². The van der Waals surface area contributed by atoms with Crippen LogP contribution in [-0.2, 0) is 26.2 Å². The fourth-order valence-corrected chi connectivity index (χ4v) is 4.81. The number of halogens is 2.